The molecule has 2 atom stereocenters. The minimum Gasteiger partial charge on any atom is -0.393 e. The molecule has 0 aromatic carbocycles. The minimum absolute atomic E-state index is 0.166. The predicted octanol–water partition coefficient (Wildman–Crippen LogP) is 3.10. The largest absolute Gasteiger partial charge is 0.393 e. The third-order valence-corrected chi connectivity index (χ3v) is 3.79. The van der Waals surface area contributed by atoms with Crippen molar-refractivity contribution in [2.75, 3.05) is 6.54 Å². The summed E-state index contributed by atoms with van der Waals surface area (Å²) >= 11 is 0. The van der Waals surface area contributed by atoms with Crippen LogP contribution in [0.25, 0.3) is 0 Å². The van der Waals surface area contributed by atoms with E-state index in [-0.39, 0.29) is 6.10 Å². The van der Waals surface area contributed by atoms with Crippen molar-refractivity contribution in [2.45, 2.75) is 77.4 Å². The fourth-order valence-corrected chi connectivity index (χ4v) is 2.83. The van der Waals surface area contributed by atoms with Gasteiger partial charge in [-0.3, -0.25) is 0 Å². The molecule has 0 spiro atoms. The second-order valence-corrected chi connectivity index (χ2v) is 5.39. The first-order valence-corrected chi connectivity index (χ1v) is 7.15. The van der Waals surface area contributed by atoms with Crippen molar-refractivity contribution in [3.8, 4) is 0 Å². The Bertz CT molecular complexity index is 164. The van der Waals surface area contributed by atoms with Crippen molar-refractivity contribution in [1.82, 2.24) is 5.32 Å². The molecule has 1 aliphatic carbocycles. The number of aliphatic hydroxyl groups is 1. The van der Waals surface area contributed by atoms with Crippen molar-refractivity contribution in [3.63, 3.8) is 0 Å². The molecule has 1 rings (SSSR count). The van der Waals surface area contributed by atoms with Gasteiger partial charge in [0, 0.05) is 6.04 Å². The number of rotatable bonds is 7. The summed E-state index contributed by atoms with van der Waals surface area (Å²) in [5.41, 5.74) is 0. The summed E-state index contributed by atoms with van der Waals surface area (Å²) in [6.07, 6.45) is 10.4. The lowest BCUT2D eigenvalue weighted by Gasteiger charge is -2.31. The van der Waals surface area contributed by atoms with E-state index in [1.54, 1.807) is 0 Å². The zero-order chi connectivity index (χ0) is 11.8. The van der Waals surface area contributed by atoms with E-state index in [9.17, 15) is 5.11 Å². The van der Waals surface area contributed by atoms with E-state index < -0.39 is 0 Å². The van der Waals surface area contributed by atoms with Gasteiger partial charge in [-0.15, -0.1) is 0 Å². The molecule has 0 aliphatic heterocycles. The van der Waals surface area contributed by atoms with Crippen LogP contribution in [0.1, 0.15) is 65.2 Å². The molecular weight excluding hydrogens is 198 g/mol. The Labute approximate surface area is 101 Å². The fourth-order valence-electron chi connectivity index (χ4n) is 2.83. The Morgan fingerprint density at radius 3 is 2.44 bits per heavy atom. The van der Waals surface area contributed by atoms with Gasteiger partial charge in [-0.1, -0.05) is 32.6 Å². The molecule has 0 heterocycles. The highest BCUT2D eigenvalue weighted by atomic mass is 16.3. The first-order chi connectivity index (χ1) is 7.74. The van der Waals surface area contributed by atoms with E-state index in [0.29, 0.717) is 6.04 Å². The van der Waals surface area contributed by atoms with Crippen LogP contribution in [-0.4, -0.2) is 23.8 Å². The van der Waals surface area contributed by atoms with Crippen molar-refractivity contribution < 1.29 is 5.11 Å². The molecule has 1 fully saturated rings. The molecule has 1 saturated carbocycles. The molecule has 0 bridgehead atoms. The van der Waals surface area contributed by atoms with Crippen LogP contribution in [0, 0.1) is 5.92 Å². The molecule has 1 aliphatic rings. The monoisotopic (exact) mass is 227 g/mol. The summed E-state index contributed by atoms with van der Waals surface area (Å²) in [5, 5.41) is 12.9. The van der Waals surface area contributed by atoms with Gasteiger partial charge in [0.25, 0.3) is 0 Å². The van der Waals surface area contributed by atoms with Gasteiger partial charge in [-0.2, -0.15) is 0 Å². The van der Waals surface area contributed by atoms with Crippen LogP contribution in [0.2, 0.25) is 0 Å². The van der Waals surface area contributed by atoms with Gasteiger partial charge in [0.05, 0.1) is 6.10 Å². The Balaban J connectivity index is 2.27. The maximum absolute atomic E-state index is 9.27. The molecule has 0 aromatic heterocycles. The maximum Gasteiger partial charge on any atom is 0.0524 e. The molecule has 2 N–H and O–H groups in total. The number of hydrogen-bond donors (Lipinski definition) is 2. The van der Waals surface area contributed by atoms with Gasteiger partial charge in [0.2, 0.25) is 0 Å². The fraction of sp³-hybridized carbons (Fsp3) is 1.00. The van der Waals surface area contributed by atoms with Crippen LogP contribution >= 0.6 is 0 Å². The molecule has 16 heavy (non-hydrogen) atoms. The summed E-state index contributed by atoms with van der Waals surface area (Å²) < 4.78 is 0. The summed E-state index contributed by atoms with van der Waals surface area (Å²) in [5.74, 6) is 0.891. The van der Waals surface area contributed by atoms with Crippen molar-refractivity contribution in [1.29, 1.82) is 0 Å². The molecule has 2 unspecified atom stereocenters. The third kappa shape index (κ3) is 5.31. The summed E-state index contributed by atoms with van der Waals surface area (Å²) in [4.78, 5) is 0. The molecule has 0 radical (unpaired) electrons. The summed E-state index contributed by atoms with van der Waals surface area (Å²) in [6, 6.07) is 0.698. The zero-order valence-corrected chi connectivity index (χ0v) is 11.0. The van der Waals surface area contributed by atoms with E-state index in [1.807, 2.05) is 6.92 Å². The average molecular weight is 227 g/mol. The lowest BCUT2D eigenvalue weighted by molar-refractivity contribution is 0.176. The SMILES string of the molecule is CCCC(NCCC(C)O)C1CCCCC1. The summed E-state index contributed by atoms with van der Waals surface area (Å²) in [7, 11) is 0. The standard InChI is InChI=1S/C14H29NO/c1-3-7-14(15-11-10-12(2)16)13-8-5-4-6-9-13/h12-16H,3-11H2,1-2H3. The average Bonchev–Trinajstić information content (AvgIpc) is 2.29. The van der Waals surface area contributed by atoms with Gasteiger partial charge >= 0.3 is 0 Å². The molecule has 0 amide bonds. The van der Waals surface area contributed by atoms with Crippen molar-refractivity contribution >= 4 is 0 Å². The van der Waals surface area contributed by atoms with E-state index in [4.69, 9.17) is 0 Å². The highest BCUT2D eigenvalue weighted by Gasteiger charge is 2.22. The number of nitrogens with one attached hydrogen (secondary N) is 1. The molecule has 2 heteroatoms. The van der Waals surface area contributed by atoms with Crippen molar-refractivity contribution in [2.24, 2.45) is 5.92 Å². The molecule has 96 valence electrons. The first kappa shape index (κ1) is 14.0. The second-order valence-electron chi connectivity index (χ2n) is 5.39. The van der Waals surface area contributed by atoms with Crippen molar-refractivity contribution in [3.05, 3.63) is 0 Å². The topological polar surface area (TPSA) is 32.3 Å². The number of aliphatic hydroxyl groups excluding tert-OH is 1. The quantitative estimate of drug-likeness (QED) is 0.700. The van der Waals surface area contributed by atoms with Crippen LogP contribution in [0.5, 0.6) is 0 Å². The number of hydrogen-bond acceptors (Lipinski definition) is 2. The van der Waals surface area contributed by atoms with Gasteiger partial charge in [0.1, 0.15) is 0 Å². The molecule has 0 saturated heterocycles. The normalized spacial score (nSPS) is 21.9. The highest BCUT2D eigenvalue weighted by molar-refractivity contribution is 4.79. The van der Waals surface area contributed by atoms with Crippen LogP contribution in [0.3, 0.4) is 0 Å². The Morgan fingerprint density at radius 2 is 1.88 bits per heavy atom. The molecule has 2 nitrogen and oxygen atoms in total. The smallest absolute Gasteiger partial charge is 0.0524 e. The van der Waals surface area contributed by atoms with E-state index in [1.165, 1.54) is 44.9 Å². The van der Waals surface area contributed by atoms with Crippen LogP contribution in [0.15, 0.2) is 0 Å². The second kappa shape index (κ2) is 8.08. The Morgan fingerprint density at radius 1 is 1.19 bits per heavy atom. The van der Waals surface area contributed by atoms with Gasteiger partial charge in [-0.05, 0) is 45.1 Å². The van der Waals surface area contributed by atoms with Crippen LogP contribution < -0.4 is 5.32 Å². The van der Waals surface area contributed by atoms with Gasteiger partial charge < -0.3 is 10.4 Å². The Kier molecular flexibility index (Phi) is 7.06. The lowest BCUT2D eigenvalue weighted by Crippen LogP contribution is -2.38. The minimum atomic E-state index is -0.166. The van der Waals surface area contributed by atoms with E-state index in [0.717, 1.165) is 18.9 Å². The van der Waals surface area contributed by atoms with E-state index in [2.05, 4.69) is 12.2 Å². The van der Waals surface area contributed by atoms with Gasteiger partial charge in [0.15, 0.2) is 0 Å². The van der Waals surface area contributed by atoms with Crippen LogP contribution in [0.4, 0.5) is 0 Å². The lowest BCUT2D eigenvalue weighted by atomic mass is 9.82. The maximum atomic E-state index is 9.27. The summed E-state index contributed by atoms with van der Waals surface area (Å²) in [6.45, 7) is 5.11. The molecule has 0 aromatic rings. The van der Waals surface area contributed by atoms with E-state index >= 15 is 0 Å². The highest BCUT2D eigenvalue weighted by Crippen LogP contribution is 2.28. The third-order valence-electron chi connectivity index (χ3n) is 3.79. The van der Waals surface area contributed by atoms with Crippen LogP contribution in [-0.2, 0) is 0 Å². The first-order valence-electron chi connectivity index (χ1n) is 7.15. The Hall–Kier alpha value is -0.0800. The predicted molar refractivity (Wildman–Crippen MR) is 69.6 cm³/mol. The van der Waals surface area contributed by atoms with Gasteiger partial charge in [-0.25, -0.2) is 0 Å². The molecular formula is C14H29NO. The zero-order valence-electron chi connectivity index (χ0n) is 11.0.